The summed E-state index contributed by atoms with van der Waals surface area (Å²) in [6.45, 7) is 13.3. The fraction of sp³-hybridized carbons (Fsp3) is 0.250. The molecular formula is C24H27As. The number of hydrogen-bond donors (Lipinski definition) is 0. The zero-order valence-corrected chi connectivity index (χ0v) is 18.0. The van der Waals surface area contributed by atoms with Gasteiger partial charge in [0.25, 0.3) is 0 Å². The van der Waals surface area contributed by atoms with Crippen molar-refractivity contribution in [2.45, 2.75) is 41.5 Å². The van der Waals surface area contributed by atoms with Crippen molar-refractivity contribution in [3.63, 3.8) is 0 Å². The molecule has 0 aliphatic carbocycles. The van der Waals surface area contributed by atoms with Crippen LogP contribution in [0.5, 0.6) is 0 Å². The summed E-state index contributed by atoms with van der Waals surface area (Å²) in [5.74, 6) is 0. The molecule has 0 saturated carbocycles. The molecule has 0 spiro atoms. The molecule has 3 rings (SSSR count). The van der Waals surface area contributed by atoms with Crippen molar-refractivity contribution in [1.82, 2.24) is 0 Å². The van der Waals surface area contributed by atoms with Crippen LogP contribution in [0.4, 0.5) is 0 Å². The average molecular weight is 390 g/mol. The summed E-state index contributed by atoms with van der Waals surface area (Å²) in [4.78, 5) is 0. The Hall–Kier alpha value is -1.78. The van der Waals surface area contributed by atoms with E-state index in [1.54, 1.807) is 0 Å². The number of rotatable bonds is 3. The SMILES string of the molecule is Cc1cc(C)cc([As](c2cc(C)cc(C)c2)c2cc(C)cc(C)c2)c1. The third kappa shape index (κ3) is 4.25. The van der Waals surface area contributed by atoms with Gasteiger partial charge in [0.15, 0.2) is 0 Å². The molecule has 0 saturated heterocycles. The van der Waals surface area contributed by atoms with Crippen LogP contribution in [-0.2, 0) is 0 Å². The summed E-state index contributed by atoms with van der Waals surface area (Å²) in [7, 11) is 0. The molecule has 0 heterocycles. The third-order valence-electron chi connectivity index (χ3n) is 4.39. The summed E-state index contributed by atoms with van der Waals surface area (Å²) in [5.41, 5.74) is 8.18. The monoisotopic (exact) mass is 390 g/mol. The Morgan fingerprint density at radius 3 is 0.760 bits per heavy atom. The van der Waals surface area contributed by atoms with Crippen molar-refractivity contribution in [3.05, 3.63) is 88.0 Å². The second kappa shape index (κ2) is 7.22. The zero-order chi connectivity index (χ0) is 18.1. The first kappa shape index (κ1) is 18.0. The Bertz CT molecular complexity index is 738. The average Bonchev–Trinajstić information content (AvgIpc) is 2.44. The molecule has 1 heteroatoms. The zero-order valence-electron chi connectivity index (χ0n) is 16.1. The van der Waals surface area contributed by atoms with Gasteiger partial charge in [-0.25, -0.2) is 0 Å². The Labute approximate surface area is 157 Å². The predicted octanol–water partition coefficient (Wildman–Crippen LogP) is 4.05. The molecule has 0 radical (unpaired) electrons. The fourth-order valence-corrected chi connectivity index (χ4v) is 9.75. The molecular weight excluding hydrogens is 363 g/mol. The molecule has 3 aromatic rings. The van der Waals surface area contributed by atoms with Crippen LogP contribution in [0.1, 0.15) is 33.4 Å². The van der Waals surface area contributed by atoms with Crippen molar-refractivity contribution in [2.24, 2.45) is 0 Å². The molecule has 0 amide bonds. The second-order valence-electron chi connectivity index (χ2n) is 7.37. The first-order valence-corrected chi connectivity index (χ1v) is 11.7. The van der Waals surface area contributed by atoms with E-state index < -0.39 is 14.7 Å². The molecule has 0 nitrogen and oxygen atoms in total. The molecule has 0 bridgehead atoms. The van der Waals surface area contributed by atoms with Crippen LogP contribution in [0.3, 0.4) is 0 Å². The Balaban J connectivity index is 2.27. The molecule has 128 valence electrons. The maximum atomic E-state index is 2.41. The Kier molecular flexibility index (Phi) is 5.21. The van der Waals surface area contributed by atoms with Gasteiger partial charge in [-0.05, 0) is 0 Å². The van der Waals surface area contributed by atoms with Gasteiger partial charge >= 0.3 is 157 Å². The van der Waals surface area contributed by atoms with E-state index in [1.807, 2.05) is 0 Å². The van der Waals surface area contributed by atoms with Gasteiger partial charge in [-0.3, -0.25) is 0 Å². The van der Waals surface area contributed by atoms with Gasteiger partial charge in [-0.1, -0.05) is 0 Å². The quantitative estimate of drug-likeness (QED) is 0.592. The van der Waals surface area contributed by atoms with Crippen LogP contribution in [0, 0.1) is 41.5 Å². The van der Waals surface area contributed by atoms with E-state index in [2.05, 4.69) is 96.1 Å². The number of benzene rings is 3. The van der Waals surface area contributed by atoms with Gasteiger partial charge < -0.3 is 0 Å². The summed E-state index contributed by atoms with van der Waals surface area (Å²) < 4.78 is 4.58. The Morgan fingerprint density at radius 2 is 0.560 bits per heavy atom. The molecule has 0 aliphatic heterocycles. The van der Waals surface area contributed by atoms with Gasteiger partial charge in [0.1, 0.15) is 0 Å². The maximum absolute atomic E-state index is 2.41. The van der Waals surface area contributed by atoms with Crippen molar-refractivity contribution >= 4 is 27.7 Å². The molecule has 3 aromatic carbocycles. The minimum absolute atomic E-state index is 1.36. The van der Waals surface area contributed by atoms with E-state index in [0.717, 1.165) is 0 Å². The number of aryl methyl sites for hydroxylation is 6. The van der Waals surface area contributed by atoms with Crippen LogP contribution in [-0.4, -0.2) is 14.7 Å². The third-order valence-corrected chi connectivity index (χ3v) is 9.27. The van der Waals surface area contributed by atoms with E-state index in [4.69, 9.17) is 0 Å². The van der Waals surface area contributed by atoms with Crippen molar-refractivity contribution < 1.29 is 0 Å². The van der Waals surface area contributed by atoms with Crippen molar-refractivity contribution in [3.8, 4) is 0 Å². The standard InChI is InChI=1S/C24H27As/c1-16-7-17(2)11-22(10-16)25(23-12-18(3)8-19(4)13-23)24-14-20(5)9-21(6)15-24/h7-15H,1-6H3. The molecule has 0 N–H and O–H groups in total. The summed E-state index contributed by atoms with van der Waals surface area (Å²) in [5, 5.41) is 0. The van der Waals surface area contributed by atoms with Crippen LogP contribution in [0.2, 0.25) is 0 Å². The van der Waals surface area contributed by atoms with Crippen LogP contribution >= 0.6 is 0 Å². The van der Waals surface area contributed by atoms with Crippen LogP contribution in [0.15, 0.2) is 54.6 Å². The first-order valence-electron chi connectivity index (χ1n) is 8.87. The van der Waals surface area contributed by atoms with E-state index in [1.165, 1.54) is 46.4 Å². The van der Waals surface area contributed by atoms with E-state index in [0.29, 0.717) is 0 Å². The summed E-state index contributed by atoms with van der Waals surface area (Å²) in [6, 6.07) is 21.3. The minimum atomic E-state index is -1.56. The van der Waals surface area contributed by atoms with Crippen LogP contribution < -0.4 is 13.1 Å². The second-order valence-corrected chi connectivity index (χ2v) is 12.0. The van der Waals surface area contributed by atoms with E-state index >= 15 is 0 Å². The predicted molar refractivity (Wildman–Crippen MR) is 112 cm³/mol. The molecule has 0 atom stereocenters. The Morgan fingerprint density at radius 1 is 0.360 bits per heavy atom. The van der Waals surface area contributed by atoms with Gasteiger partial charge in [0.05, 0.1) is 0 Å². The first-order chi connectivity index (χ1) is 11.8. The number of hydrogen-bond acceptors (Lipinski definition) is 0. The summed E-state index contributed by atoms with van der Waals surface area (Å²) in [6.07, 6.45) is 0. The van der Waals surface area contributed by atoms with Gasteiger partial charge in [-0.15, -0.1) is 0 Å². The molecule has 0 aromatic heterocycles. The molecule has 25 heavy (non-hydrogen) atoms. The van der Waals surface area contributed by atoms with Crippen molar-refractivity contribution in [2.75, 3.05) is 0 Å². The van der Waals surface area contributed by atoms with Crippen molar-refractivity contribution in [1.29, 1.82) is 0 Å². The van der Waals surface area contributed by atoms with E-state index in [9.17, 15) is 0 Å². The van der Waals surface area contributed by atoms with E-state index in [-0.39, 0.29) is 0 Å². The summed E-state index contributed by atoms with van der Waals surface area (Å²) >= 11 is -1.56. The van der Waals surface area contributed by atoms with Crippen LogP contribution in [0.25, 0.3) is 0 Å². The molecule has 0 aliphatic rings. The topological polar surface area (TPSA) is 0 Å². The molecule has 0 fully saturated rings. The van der Waals surface area contributed by atoms with Gasteiger partial charge in [-0.2, -0.15) is 0 Å². The fourth-order valence-electron chi connectivity index (χ4n) is 3.69. The normalized spacial score (nSPS) is 11.2. The van der Waals surface area contributed by atoms with Gasteiger partial charge in [0, 0.05) is 0 Å². The van der Waals surface area contributed by atoms with Gasteiger partial charge in [0.2, 0.25) is 0 Å². The molecule has 0 unspecified atom stereocenters.